The highest BCUT2D eigenvalue weighted by Gasteiger charge is 2.22. The molecule has 7 heteroatoms. The van der Waals surface area contributed by atoms with Crippen LogP contribution in [0.5, 0.6) is 0 Å². The van der Waals surface area contributed by atoms with Gasteiger partial charge in [-0.1, -0.05) is 15.9 Å². The molecule has 2 amide bonds. The Bertz CT molecular complexity index is 510. The summed E-state index contributed by atoms with van der Waals surface area (Å²) < 4.78 is 0.708. The summed E-state index contributed by atoms with van der Waals surface area (Å²) in [6.07, 6.45) is -0.450. The molecule has 0 fully saturated rings. The minimum Gasteiger partial charge on any atom is -0.480 e. The number of hydrogen-bond acceptors (Lipinski definition) is 3. The lowest BCUT2D eigenvalue weighted by atomic mass is 10.1. The Kier molecular flexibility index (Phi) is 5.05. The third kappa shape index (κ3) is 4.70. The predicted octanol–water partition coefficient (Wildman–Crippen LogP) is 0.816. The Morgan fingerprint density at radius 3 is 2.47 bits per heavy atom. The highest BCUT2D eigenvalue weighted by molar-refractivity contribution is 9.10. The van der Waals surface area contributed by atoms with E-state index in [4.69, 9.17) is 10.8 Å². The van der Waals surface area contributed by atoms with Crippen LogP contribution in [0.2, 0.25) is 0 Å². The van der Waals surface area contributed by atoms with Crippen LogP contribution < -0.4 is 11.1 Å². The van der Waals surface area contributed by atoms with Crippen LogP contribution in [0.25, 0.3) is 0 Å². The molecule has 6 nitrogen and oxygen atoms in total. The summed E-state index contributed by atoms with van der Waals surface area (Å²) in [6.45, 7) is 1.81. The number of nitrogens with one attached hydrogen (secondary N) is 1. The number of benzene rings is 1. The molecule has 0 aliphatic heterocycles. The van der Waals surface area contributed by atoms with E-state index in [1.54, 1.807) is 19.1 Å². The molecule has 1 unspecified atom stereocenters. The SMILES string of the molecule is Cc1cc(Br)cc(C(=O)NC(CC(N)=O)C(=O)O)c1. The lowest BCUT2D eigenvalue weighted by Crippen LogP contribution is -2.43. The maximum Gasteiger partial charge on any atom is 0.326 e. The molecule has 1 aromatic rings. The zero-order valence-corrected chi connectivity index (χ0v) is 11.7. The first-order valence-corrected chi connectivity index (χ1v) is 6.18. The molecule has 102 valence electrons. The molecule has 0 saturated carbocycles. The van der Waals surface area contributed by atoms with Gasteiger partial charge in [-0.15, -0.1) is 0 Å². The molecular formula is C12H13BrN2O4. The first kappa shape index (κ1) is 15.2. The van der Waals surface area contributed by atoms with Crippen molar-refractivity contribution in [1.29, 1.82) is 0 Å². The number of amides is 2. The van der Waals surface area contributed by atoms with Gasteiger partial charge < -0.3 is 16.2 Å². The number of carbonyl (C=O) groups is 3. The fraction of sp³-hybridized carbons (Fsp3) is 0.250. The molecule has 0 bridgehead atoms. The highest BCUT2D eigenvalue weighted by atomic mass is 79.9. The second-order valence-electron chi connectivity index (χ2n) is 4.05. The molecule has 0 radical (unpaired) electrons. The Morgan fingerprint density at radius 1 is 1.37 bits per heavy atom. The van der Waals surface area contributed by atoms with Gasteiger partial charge in [0.1, 0.15) is 6.04 Å². The standard InChI is InChI=1S/C12H13BrN2O4/c1-6-2-7(4-8(13)3-6)11(17)15-9(12(18)19)5-10(14)16/h2-4,9H,5H2,1H3,(H2,14,16)(H,15,17)(H,18,19). The molecule has 0 spiro atoms. The van der Waals surface area contributed by atoms with E-state index in [2.05, 4.69) is 21.2 Å². The molecule has 4 N–H and O–H groups in total. The molecular weight excluding hydrogens is 316 g/mol. The van der Waals surface area contributed by atoms with Crippen molar-refractivity contribution >= 4 is 33.7 Å². The smallest absolute Gasteiger partial charge is 0.326 e. The van der Waals surface area contributed by atoms with Crippen LogP contribution in [0.1, 0.15) is 22.3 Å². The average Bonchev–Trinajstić information content (AvgIpc) is 2.25. The minimum absolute atomic E-state index is 0.308. The van der Waals surface area contributed by atoms with Crippen LogP contribution in [-0.2, 0) is 9.59 Å². The van der Waals surface area contributed by atoms with Gasteiger partial charge in [-0.05, 0) is 30.7 Å². The maximum atomic E-state index is 11.9. The van der Waals surface area contributed by atoms with Gasteiger partial charge in [-0.3, -0.25) is 9.59 Å². The van der Waals surface area contributed by atoms with Crippen LogP contribution in [0.4, 0.5) is 0 Å². The summed E-state index contributed by atoms with van der Waals surface area (Å²) >= 11 is 3.25. The maximum absolute atomic E-state index is 11.9. The number of rotatable bonds is 5. The molecule has 19 heavy (non-hydrogen) atoms. The van der Waals surface area contributed by atoms with E-state index in [1.807, 2.05) is 6.07 Å². The van der Waals surface area contributed by atoms with Gasteiger partial charge in [-0.2, -0.15) is 0 Å². The minimum atomic E-state index is -1.33. The van der Waals surface area contributed by atoms with Crippen molar-refractivity contribution in [3.05, 3.63) is 33.8 Å². The number of nitrogens with two attached hydrogens (primary N) is 1. The highest BCUT2D eigenvalue weighted by Crippen LogP contribution is 2.15. The number of aryl methyl sites for hydroxylation is 1. The van der Waals surface area contributed by atoms with Gasteiger partial charge in [0.25, 0.3) is 5.91 Å². The number of carbonyl (C=O) groups excluding carboxylic acids is 2. The van der Waals surface area contributed by atoms with E-state index in [-0.39, 0.29) is 0 Å². The fourth-order valence-corrected chi connectivity index (χ4v) is 2.12. The van der Waals surface area contributed by atoms with Crippen LogP contribution in [0.3, 0.4) is 0 Å². The second kappa shape index (κ2) is 6.33. The normalized spacial score (nSPS) is 11.7. The van der Waals surface area contributed by atoms with Gasteiger partial charge >= 0.3 is 5.97 Å². The fourth-order valence-electron chi connectivity index (χ4n) is 1.51. The van der Waals surface area contributed by atoms with Crippen molar-refractivity contribution in [2.75, 3.05) is 0 Å². The molecule has 0 saturated heterocycles. The lowest BCUT2D eigenvalue weighted by molar-refractivity contribution is -0.140. The van der Waals surface area contributed by atoms with Gasteiger partial charge in [0.15, 0.2) is 0 Å². The average molecular weight is 329 g/mol. The largest absolute Gasteiger partial charge is 0.480 e. The lowest BCUT2D eigenvalue weighted by Gasteiger charge is -2.13. The number of aliphatic carboxylic acids is 1. The second-order valence-corrected chi connectivity index (χ2v) is 4.97. The number of halogens is 1. The van der Waals surface area contributed by atoms with Crippen LogP contribution >= 0.6 is 15.9 Å². The number of carboxylic acid groups (broad SMARTS) is 1. The molecule has 0 aliphatic rings. The summed E-state index contributed by atoms with van der Waals surface area (Å²) in [5.41, 5.74) is 6.09. The van der Waals surface area contributed by atoms with Gasteiger partial charge in [-0.25, -0.2) is 4.79 Å². The third-order valence-corrected chi connectivity index (χ3v) is 2.77. The van der Waals surface area contributed by atoms with Crippen molar-refractivity contribution < 1.29 is 19.5 Å². The number of carboxylic acids is 1. The molecule has 1 atom stereocenters. The van der Waals surface area contributed by atoms with E-state index in [9.17, 15) is 14.4 Å². The van der Waals surface area contributed by atoms with Crippen molar-refractivity contribution in [3.8, 4) is 0 Å². The monoisotopic (exact) mass is 328 g/mol. The van der Waals surface area contributed by atoms with Crippen LogP contribution in [-0.4, -0.2) is 28.9 Å². The van der Waals surface area contributed by atoms with E-state index in [0.717, 1.165) is 5.56 Å². The summed E-state index contributed by atoms with van der Waals surface area (Å²) in [5, 5.41) is 11.2. The number of primary amides is 1. The van der Waals surface area contributed by atoms with Crippen molar-refractivity contribution in [2.24, 2.45) is 5.73 Å². The van der Waals surface area contributed by atoms with Gasteiger partial charge in [0.05, 0.1) is 6.42 Å². The van der Waals surface area contributed by atoms with Crippen LogP contribution in [0, 0.1) is 6.92 Å². The first-order chi connectivity index (χ1) is 8.79. The van der Waals surface area contributed by atoms with Gasteiger partial charge in [0.2, 0.25) is 5.91 Å². The summed E-state index contributed by atoms with van der Waals surface area (Å²) in [6, 6.07) is 3.66. The molecule has 0 aliphatic carbocycles. The molecule has 0 aromatic heterocycles. The Hall–Kier alpha value is -1.89. The van der Waals surface area contributed by atoms with Crippen molar-refractivity contribution in [1.82, 2.24) is 5.32 Å². The molecule has 1 rings (SSSR count). The topological polar surface area (TPSA) is 109 Å². The Morgan fingerprint density at radius 2 is 2.00 bits per heavy atom. The zero-order chi connectivity index (χ0) is 14.6. The van der Waals surface area contributed by atoms with Crippen molar-refractivity contribution in [2.45, 2.75) is 19.4 Å². The van der Waals surface area contributed by atoms with E-state index in [0.29, 0.717) is 10.0 Å². The van der Waals surface area contributed by atoms with Crippen LogP contribution in [0.15, 0.2) is 22.7 Å². The summed E-state index contributed by atoms with van der Waals surface area (Å²) in [4.78, 5) is 33.5. The molecule has 0 heterocycles. The Labute approximate surface area is 118 Å². The zero-order valence-electron chi connectivity index (χ0n) is 10.1. The van der Waals surface area contributed by atoms with Gasteiger partial charge in [0, 0.05) is 10.0 Å². The predicted molar refractivity (Wildman–Crippen MR) is 71.6 cm³/mol. The molecule has 1 aromatic carbocycles. The Balaban J connectivity index is 2.87. The van der Waals surface area contributed by atoms with E-state index in [1.165, 1.54) is 0 Å². The third-order valence-electron chi connectivity index (χ3n) is 2.31. The summed E-state index contributed by atoms with van der Waals surface area (Å²) in [5.74, 6) is -2.67. The summed E-state index contributed by atoms with van der Waals surface area (Å²) in [7, 11) is 0. The van der Waals surface area contributed by atoms with Crippen molar-refractivity contribution in [3.63, 3.8) is 0 Å². The number of hydrogen-bond donors (Lipinski definition) is 3. The van der Waals surface area contributed by atoms with E-state index < -0.39 is 30.2 Å². The van der Waals surface area contributed by atoms with E-state index >= 15 is 0 Å². The quantitative estimate of drug-likeness (QED) is 0.743. The first-order valence-electron chi connectivity index (χ1n) is 5.38.